The minimum Gasteiger partial charge on any atom is -0.497 e. The van der Waals surface area contributed by atoms with Crippen molar-refractivity contribution >= 4 is 11.3 Å². The molecule has 2 aromatic heterocycles. The van der Waals surface area contributed by atoms with Crippen LogP contribution in [0.5, 0.6) is 5.75 Å². The van der Waals surface area contributed by atoms with Crippen LogP contribution in [0.25, 0.3) is 5.65 Å². The molecule has 0 atom stereocenters. The smallest absolute Gasteiger partial charge is 0.136 e. The molecule has 0 aliphatic carbocycles. The van der Waals surface area contributed by atoms with Gasteiger partial charge in [-0.05, 0) is 24.3 Å². The Kier molecular flexibility index (Phi) is 7.43. The van der Waals surface area contributed by atoms with Gasteiger partial charge in [0.1, 0.15) is 11.4 Å². The van der Waals surface area contributed by atoms with Gasteiger partial charge in [0.05, 0.1) is 7.11 Å². The van der Waals surface area contributed by atoms with Crippen molar-refractivity contribution in [3.63, 3.8) is 0 Å². The number of hydrogen-bond donors (Lipinski definition) is 1. The lowest BCUT2D eigenvalue weighted by Gasteiger charge is -2.01. The number of hydrogen-bond acceptors (Lipinski definition) is 3. The van der Waals surface area contributed by atoms with Crippen molar-refractivity contribution in [3.8, 4) is 5.75 Å². The van der Waals surface area contributed by atoms with Gasteiger partial charge in [-0.15, -0.1) is 0 Å². The summed E-state index contributed by atoms with van der Waals surface area (Å²) in [6.07, 6.45) is 5.69. The number of ether oxygens (including phenoxy) is 1. The third-order valence-corrected chi connectivity index (χ3v) is 2.66. The maximum Gasteiger partial charge on any atom is 0.136 e. The largest absolute Gasteiger partial charge is 0.497 e. The normalized spacial score (nSPS) is 8.95. The summed E-state index contributed by atoms with van der Waals surface area (Å²) in [6, 6.07) is 13.7. The molecule has 21 heavy (non-hydrogen) atoms. The Bertz CT molecular complexity index is 585. The highest BCUT2D eigenvalue weighted by atomic mass is 16.5. The van der Waals surface area contributed by atoms with E-state index in [1.807, 2.05) is 80.2 Å². The zero-order chi connectivity index (χ0) is 15.5. The highest BCUT2D eigenvalue weighted by molar-refractivity contribution is 5.47. The Labute approximate surface area is 126 Å². The molecule has 4 heteroatoms. The summed E-state index contributed by atoms with van der Waals surface area (Å²) in [5.74, 6) is 0.881. The Morgan fingerprint density at radius 2 is 1.86 bits per heavy atom. The van der Waals surface area contributed by atoms with Crippen LogP contribution in [0.15, 0.2) is 61.1 Å². The van der Waals surface area contributed by atoms with Gasteiger partial charge in [0.2, 0.25) is 0 Å². The number of methoxy groups -OCH3 is 1. The van der Waals surface area contributed by atoms with Gasteiger partial charge in [0, 0.05) is 37.4 Å². The summed E-state index contributed by atoms with van der Waals surface area (Å²) < 4.78 is 6.99. The van der Waals surface area contributed by atoms with Crippen LogP contribution >= 0.6 is 0 Å². The Morgan fingerprint density at radius 1 is 1.05 bits per heavy atom. The number of rotatable bonds is 2. The van der Waals surface area contributed by atoms with Gasteiger partial charge >= 0.3 is 0 Å². The number of pyridine rings is 1. The lowest BCUT2D eigenvalue weighted by atomic mass is 10.3. The highest BCUT2D eigenvalue weighted by Crippen LogP contribution is 2.15. The van der Waals surface area contributed by atoms with Crippen LogP contribution in [-0.2, 0) is 0 Å². The van der Waals surface area contributed by atoms with Gasteiger partial charge in [-0.3, -0.25) is 0 Å². The van der Waals surface area contributed by atoms with E-state index in [0.717, 1.165) is 17.1 Å². The first kappa shape index (κ1) is 16.6. The number of anilines is 1. The standard InChI is InChI=1S/C8H11NO.C7H6N2.C2H6/c1-9-7-4-3-5-8(6-7)10-2;1-2-5-9-6-4-8-7(9)3-1;1-2/h3-6,9H,1-2H3;1-6H;1-2H3. The highest BCUT2D eigenvalue weighted by Gasteiger charge is 1.90. The molecule has 1 aromatic carbocycles. The van der Waals surface area contributed by atoms with Crippen LogP contribution < -0.4 is 10.1 Å². The lowest BCUT2D eigenvalue weighted by Crippen LogP contribution is -1.88. The van der Waals surface area contributed by atoms with Gasteiger partial charge < -0.3 is 14.5 Å². The van der Waals surface area contributed by atoms with Crippen LogP contribution in [0.3, 0.4) is 0 Å². The molecule has 0 amide bonds. The van der Waals surface area contributed by atoms with Crippen molar-refractivity contribution < 1.29 is 4.74 Å². The average Bonchev–Trinajstić information content (AvgIpc) is 3.06. The number of aromatic nitrogens is 2. The van der Waals surface area contributed by atoms with Crippen LogP contribution in [0, 0.1) is 0 Å². The molecule has 0 saturated heterocycles. The zero-order valence-electron chi connectivity index (χ0n) is 13.1. The average molecular weight is 285 g/mol. The van der Waals surface area contributed by atoms with E-state index < -0.39 is 0 Å². The first-order valence-corrected chi connectivity index (χ1v) is 7.03. The molecular formula is C17H23N3O. The van der Waals surface area contributed by atoms with E-state index >= 15 is 0 Å². The zero-order valence-corrected chi connectivity index (χ0v) is 13.1. The monoisotopic (exact) mass is 285 g/mol. The van der Waals surface area contributed by atoms with E-state index in [4.69, 9.17) is 4.74 Å². The number of nitrogens with zero attached hydrogens (tertiary/aromatic N) is 2. The molecular weight excluding hydrogens is 262 g/mol. The Hall–Kier alpha value is -2.49. The summed E-state index contributed by atoms with van der Waals surface area (Å²) in [5.41, 5.74) is 2.07. The number of nitrogens with one attached hydrogen (secondary N) is 1. The minimum atomic E-state index is 0.881. The Balaban J connectivity index is 0.000000188. The fraction of sp³-hybridized carbons (Fsp3) is 0.235. The van der Waals surface area contributed by atoms with E-state index in [0.29, 0.717) is 0 Å². The predicted octanol–water partition coefficient (Wildman–Crippen LogP) is 4.10. The SMILES string of the molecule is CC.CNc1cccc(OC)c1.c1ccn2ccnc2c1. The minimum absolute atomic E-state index is 0.881. The summed E-state index contributed by atoms with van der Waals surface area (Å²) in [7, 11) is 3.55. The first-order chi connectivity index (χ1) is 10.3. The molecule has 4 nitrogen and oxygen atoms in total. The van der Waals surface area contributed by atoms with E-state index in [1.165, 1.54) is 0 Å². The quantitative estimate of drug-likeness (QED) is 0.770. The maximum absolute atomic E-state index is 5.02. The van der Waals surface area contributed by atoms with Gasteiger partial charge in [-0.1, -0.05) is 26.0 Å². The van der Waals surface area contributed by atoms with Crippen molar-refractivity contribution in [2.24, 2.45) is 0 Å². The molecule has 1 N–H and O–H groups in total. The fourth-order valence-corrected chi connectivity index (χ4v) is 1.64. The molecule has 0 saturated carbocycles. The molecule has 3 aromatic rings. The lowest BCUT2D eigenvalue weighted by molar-refractivity contribution is 0.415. The number of fused-ring (bicyclic) bond motifs is 1. The molecule has 3 rings (SSSR count). The third-order valence-electron chi connectivity index (χ3n) is 2.66. The molecule has 112 valence electrons. The Morgan fingerprint density at radius 3 is 2.52 bits per heavy atom. The topological polar surface area (TPSA) is 38.6 Å². The summed E-state index contributed by atoms with van der Waals surface area (Å²) in [6.45, 7) is 4.00. The van der Waals surface area contributed by atoms with Crippen LogP contribution in [-0.4, -0.2) is 23.5 Å². The second kappa shape index (κ2) is 9.42. The van der Waals surface area contributed by atoms with Gasteiger partial charge in [0.25, 0.3) is 0 Å². The summed E-state index contributed by atoms with van der Waals surface area (Å²) in [4.78, 5) is 4.08. The number of benzene rings is 1. The maximum atomic E-state index is 5.02. The van der Waals surface area contributed by atoms with Crippen LogP contribution in [0.2, 0.25) is 0 Å². The predicted molar refractivity (Wildman–Crippen MR) is 89.1 cm³/mol. The van der Waals surface area contributed by atoms with Gasteiger partial charge in [0.15, 0.2) is 0 Å². The summed E-state index contributed by atoms with van der Waals surface area (Å²) in [5, 5.41) is 3.02. The van der Waals surface area contributed by atoms with Crippen LogP contribution in [0.1, 0.15) is 13.8 Å². The van der Waals surface area contributed by atoms with E-state index in [1.54, 1.807) is 13.3 Å². The second-order valence-corrected chi connectivity index (χ2v) is 3.88. The van der Waals surface area contributed by atoms with Gasteiger partial charge in [-0.2, -0.15) is 0 Å². The fourth-order valence-electron chi connectivity index (χ4n) is 1.64. The van der Waals surface area contributed by atoms with Gasteiger partial charge in [-0.25, -0.2) is 4.98 Å². The number of imidazole rings is 1. The van der Waals surface area contributed by atoms with E-state index in [9.17, 15) is 0 Å². The molecule has 0 unspecified atom stereocenters. The molecule has 0 spiro atoms. The van der Waals surface area contributed by atoms with E-state index in [-0.39, 0.29) is 0 Å². The van der Waals surface area contributed by atoms with E-state index in [2.05, 4.69) is 10.3 Å². The molecule has 0 aliphatic heterocycles. The second-order valence-electron chi connectivity index (χ2n) is 3.88. The van der Waals surface area contributed by atoms with Crippen molar-refractivity contribution in [1.82, 2.24) is 9.38 Å². The first-order valence-electron chi connectivity index (χ1n) is 7.03. The molecule has 0 fully saturated rings. The molecule has 0 aliphatic rings. The van der Waals surface area contributed by atoms with Crippen molar-refractivity contribution in [1.29, 1.82) is 0 Å². The molecule has 2 heterocycles. The van der Waals surface area contributed by atoms with Crippen molar-refractivity contribution in [2.45, 2.75) is 13.8 Å². The third kappa shape index (κ3) is 5.18. The van der Waals surface area contributed by atoms with Crippen molar-refractivity contribution in [3.05, 3.63) is 61.1 Å². The molecule has 0 bridgehead atoms. The summed E-state index contributed by atoms with van der Waals surface area (Å²) >= 11 is 0. The molecule has 0 radical (unpaired) electrons. The van der Waals surface area contributed by atoms with Crippen molar-refractivity contribution in [2.75, 3.05) is 19.5 Å². The van der Waals surface area contributed by atoms with Crippen LogP contribution in [0.4, 0.5) is 5.69 Å².